The second-order valence-corrected chi connectivity index (χ2v) is 8.00. The quantitative estimate of drug-likeness (QED) is 0.774. The van der Waals surface area contributed by atoms with Crippen LogP contribution in [0.1, 0.15) is 5.56 Å². The number of nitrogens with one attached hydrogen (secondary N) is 2. The molecular formula is C17H19ClN4O5S. The first kappa shape index (κ1) is 20.0. The molecule has 0 bridgehead atoms. The number of carbonyl (C=O) groups is 1. The number of amides is 2. The maximum absolute atomic E-state index is 12.8. The van der Waals surface area contributed by atoms with Gasteiger partial charge in [0.2, 0.25) is 5.88 Å². The van der Waals surface area contributed by atoms with Crippen molar-refractivity contribution in [3.05, 3.63) is 41.0 Å². The minimum atomic E-state index is -3.98. The number of ether oxygens (including phenoxy) is 2. The summed E-state index contributed by atoms with van der Waals surface area (Å²) in [5.41, 5.74) is 0.808. The molecule has 11 heteroatoms. The van der Waals surface area contributed by atoms with Gasteiger partial charge in [-0.05, 0) is 24.3 Å². The highest BCUT2D eigenvalue weighted by atomic mass is 35.5. The zero-order chi connectivity index (χ0) is 20.3. The first-order valence-electron chi connectivity index (χ1n) is 8.29. The third-order valence-corrected chi connectivity index (χ3v) is 5.69. The molecule has 0 atom stereocenters. The molecule has 9 nitrogen and oxygen atoms in total. The third-order valence-electron chi connectivity index (χ3n) is 4.05. The molecule has 3 rings (SSSR count). The molecule has 2 N–H and O–H groups in total. The number of methoxy groups -OCH3 is 1. The third kappa shape index (κ3) is 4.23. The minimum absolute atomic E-state index is 0.0966. The maximum Gasteiger partial charge on any atom is 0.317 e. The van der Waals surface area contributed by atoms with E-state index in [-0.39, 0.29) is 40.5 Å². The summed E-state index contributed by atoms with van der Waals surface area (Å²) in [5, 5.41) is 2.82. The second kappa shape index (κ2) is 8.11. The van der Waals surface area contributed by atoms with Gasteiger partial charge in [0.1, 0.15) is 17.3 Å². The SMILES string of the molecule is CNC(=O)N1CCOc2ncc(NS(=O)(=O)c3cc(Cl)ccc3OC)cc2C1. The zero-order valence-electron chi connectivity index (χ0n) is 15.2. The first-order chi connectivity index (χ1) is 13.3. The highest BCUT2D eigenvalue weighted by Crippen LogP contribution is 2.30. The summed E-state index contributed by atoms with van der Waals surface area (Å²) >= 11 is 5.94. The number of benzene rings is 1. The number of rotatable bonds is 4. The van der Waals surface area contributed by atoms with E-state index in [1.165, 1.54) is 38.6 Å². The van der Waals surface area contributed by atoms with E-state index >= 15 is 0 Å². The van der Waals surface area contributed by atoms with Crippen LogP contribution >= 0.6 is 11.6 Å². The van der Waals surface area contributed by atoms with Gasteiger partial charge in [-0.3, -0.25) is 4.72 Å². The standard InChI is InChI=1S/C17H19ClN4O5S/c1-19-17(23)22-5-6-27-16-11(10-22)7-13(9-20-16)21-28(24,25)15-8-12(18)3-4-14(15)26-2/h3-4,7-9,21H,5-6,10H2,1-2H3,(H,19,23). The Morgan fingerprint density at radius 3 is 2.86 bits per heavy atom. The molecule has 2 aromatic rings. The number of aromatic nitrogens is 1. The number of nitrogens with zero attached hydrogens (tertiary/aromatic N) is 2. The van der Waals surface area contributed by atoms with E-state index < -0.39 is 10.0 Å². The van der Waals surface area contributed by atoms with Crippen LogP contribution in [0.3, 0.4) is 0 Å². The van der Waals surface area contributed by atoms with E-state index in [9.17, 15) is 13.2 Å². The lowest BCUT2D eigenvalue weighted by Gasteiger charge is -2.19. The number of hydrogen-bond donors (Lipinski definition) is 2. The Kier molecular flexibility index (Phi) is 5.80. The van der Waals surface area contributed by atoms with E-state index in [1.54, 1.807) is 11.0 Å². The average Bonchev–Trinajstić information content (AvgIpc) is 2.89. The van der Waals surface area contributed by atoms with Crippen LogP contribution in [0.25, 0.3) is 0 Å². The Bertz CT molecular complexity index is 999. The van der Waals surface area contributed by atoms with Gasteiger partial charge in [0.15, 0.2) is 0 Å². The lowest BCUT2D eigenvalue weighted by Crippen LogP contribution is -2.38. The van der Waals surface area contributed by atoms with Crippen LogP contribution in [-0.2, 0) is 16.6 Å². The fourth-order valence-corrected chi connectivity index (χ4v) is 4.20. The molecule has 1 aromatic heterocycles. The Hall–Kier alpha value is -2.72. The predicted octanol–water partition coefficient (Wildman–Crippen LogP) is 2.08. The van der Waals surface area contributed by atoms with E-state index in [0.717, 1.165) is 0 Å². The van der Waals surface area contributed by atoms with Gasteiger partial charge in [-0.25, -0.2) is 18.2 Å². The number of fused-ring (bicyclic) bond motifs is 1. The van der Waals surface area contributed by atoms with Crippen LogP contribution in [0.5, 0.6) is 11.6 Å². The second-order valence-electron chi connectivity index (χ2n) is 5.91. The van der Waals surface area contributed by atoms with Crippen molar-refractivity contribution in [1.82, 2.24) is 15.2 Å². The van der Waals surface area contributed by atoms with Gasteiger partial charge in [0, 0.05) is 17.6 Å². The summed E-state index contributed by atoms with van der Waals surface area (Å²) in [4.78, 5) is 17.6. The Morgan fingerprint density at radius 2 is 2.14 bits per heavy atom. The summed E-state index contributed by atoms with van der Waals surface area (Å²) in [6.07, 6.45) is 1.35. The van der Waals surface area contributed by atoms with Crippen molar-refractivity contribution in [3.63, 3.8) is 0 Å². The summed E-state index contributed by atoms with van der Waals surface area (Å²) in [5.74, 6) is 0.517. The van der Waals surface area contributed by atoms with Gasteiger partial charge in [0.25, 0.3) is 10.0 Å². The first-order valence-corrected chi connectivity index (χ1v) is 10.1. The number of pyridine rings is 1. The largest absolute Gasteiger partial charge is 0.495 e. The molecular weight excluding hydrogens is 408 g/mol. The molecule has 0 saturated carbocycles. The van der Waals surface area contributed by atoms with Crippen LogP contribution in [0.4, 0.5) is 10.5 Å². The topological polar surface area (TPSA) is 110 Å². The molecule has 0 unspecified atom stereocenters. The number of hydrogen-bond acceptors (Lipinski definition) is 6. The highest BCUT2D eigenvalue weighted by Gasteiger charge is 2.23. The van der Waals surface area contributed by atoms with Crippen LogP contribution in [0.15, 0.2) is 35.4 Å². The molecule has 28 heavy (non-hydrogen) atoms. The van der Waals surface area contributed by atoms with Crippen molar-refractivity contribution in [2.75, 3.05) is 32.0 Å². The number of urea groups is 1. The van der Waals surface area contributed by atoms with Gasteiger partial charge in [-0.15, -0.1) is 0 Å². The molecule has 0 spiro atoms. The van der Waals surface area contributed by atoms with Gasteiger partial charge < -0.3 is 19.7 Å². The highest BCUT2D eigenvalue weighted by molar-refractivity contribution is 7.92. The normalized spacial score (nSPS) is 13.8. The lowest BCUT2D eigenvalue weighted by molar-refractivity contribution is 0.189. The molecule has 0 fully saturated rings. The summed E-state index contributed by atoms with van der Waals surface area (Å²) in [7, 11) is -1.07. The van der Waals surface area contributed by atoms with Crippen LogP contribution in [-0.4, -0.2) is 51.6 Å². The van der Waals surface area contributed by atoms with Crippen LogP contribution in [0, 0.1) is 0 Å². The van der Waals surface area contributed by atoms with Crippen molar-refractivity contribution < 1.29 is 22.7 Å². The van der Waals surface area contributed by atoms with Crippen molar-refractivity contribution >= 4 is 33.3 Å². The fraction of sp³-hybridized carbons (Fsp3) is 0.294. The average molecular weight is 427 g/mol. The number of sulfonamides is 1. The summed E-state index contributed by atoms with van der Waals surface area (Å²) in [6, 6.07) is 5.63. The van der Waals surface area contributed by atoms with Crippen LogP contribution < -0.4 is 19.5 Å². The molecule has 150 valence electrons. The van der Waals surface area contributed by atoms with E-state index in [4.69, 9.17) is 21.1 Å². The minimum Gasteiger partial charge on any atom is -0.495 e. The maximum atomic E-state index is 12.8. The van der Waals surface area contributed by atoms with Crippen molar-refractivity contribution in [3.8, 4) is 11.6 Å². The van der Waals surface area contributed by atoms with E-state index in [2.05, 4.69) is 15.0 Å². The molecule has 0 radical (unpaired) electrons. The summed E-state index contributed by atoms with van der Waals surface area (Å²) < 4.78 is 38.7. The number of anilines is 1. The lowest BCUT2D eigenvalue weighted by atomic mass is 10.2. The fourth-order valence-electron chi connectivity index (χ4n) is 2.74. The molecule has 1 aromatic carbocycles. The van der Waals surface area contributed by atoms with Gasteiger partial charge >= 0.3 is 6.03 Å². The molecule has 2 amide bonds. The monoisotopic (exact) mass is 426 g/mol. The molecule has 2 heterocycles. The Morgan fingerprint density at radius 1 is 1.36 bits per heavy atom. The van der Waals surface area contributed by atoms with Crippen molar-refractivity contribution in [2.45, 2.75) is 11.4 Å². The predicted molar refractivity (Wildman–Crippen MR) is 103 cm³/mol. The smallest absolute Gasteiger partial charge is 0.317 e. The van der Waals surface area contributed by atoms with E-state index in [0.29, 0.717) is 18.0 Å². The van der Waals surface area contributed by atoms with Gasteiger partial charge in [-0.1, -0.05) is 11.6 Å². The summed E-state index contributed by atoms with van der Waals surface area (Å²) in [6.45, 7) is 0.910. The Labute approximate surface area is 167 Å². The van der Waals surface area contributed by atoms with Crippen molar-refractivity contribution in [1.29, 1.82) is 0 Å². The zero-order valence-corrected chi connectivity index (χ0v) is 16.8. The molecule has 0 aliphatic carbocycles. The number of carbonyl (C=O) groups excluding carboxylic acids is 1. The Balaban J connectivity index is 1.91. The molecule has 1 aliphatic rings. The van der Waals surface area contributed by atoms with Gasteiger partial charge in [0.05, 0.1) is 32.1 Å². The van der Waals surface area contributed by atoms with E-state index in [1.807, 2.05) is 0 Å². The molecule has 1 aliphatic heterocycles. The van der Waals surface area contributed by atoms with Gasteiger partial charge in [-0.2, -0.15) is 0 Å². The molecule has 0 saturated heterocycles. The number of halogens is 1. The van der Waals surface area contributed by atoms with Crippen LogP contribution in [0.2, 0.25) is 5.02 Å². The van der Waals surface area contributed by atoms with Crippen molar-refractivity contribution in [2.24, 2.45) is 0 Å².